The molecule has 1 N–H and O–H groups in total. The first-order valence-electron chi connectivity index (χ1n) is 8.07. The van der Waals surface area contributed by atoms with Crippen LogP contribution in [0, 0.1) is 0 Å². The lowest BCUT2D eigenvalue weighted by molar-refractivity contribution is -0.123. The number of nitrogens with one attached hydrogen (secondary N) is 1. The number of ether oxygens (including phenoxy) is 2. The third kappa shape index (κ3) is 6.03. The van der Waals surface area contributed by atoms with Crippen LogP contribution in [0.2, 0.25) is 4.34 Å². The Morgan fingerprint density at radius 1 is 1.20 bits per heavy atom. The van der Waals surface area contributed by atoms with Gasteiger partial charge in [-0.1, -0.05) is 44.5 Å². The minimum absolute atomic E-state index is 0.0313. The van der Waals surface area contributed by atoms with Crippen LogP contribution in [0.3, 0.4) is 0 Å². The summed E-state index contributed by atoms with van der Waals surface area (Å²) in [6.45, 7) is 6.81. The molecule has 0 bridgehead atoms. The van der Waals surface area contributed by atoms with E-state index in [4.69, 9.17) is 21.1 Å². The largest absolute Gasteiger partial charge is 0.484 e. The summed E-state index contributed by atoms with van der Waals surface area (Å²) in [5.74, 6) is 0.487. The molecule has 1 aromatic heterocycles. The van der Waals surface area contributed by atoms with Crippen molar-refractivity contribution in [1.29, 1.82) is 0 Å². The van der Waals surface area contributed by atoms with Gasteiger partial charge in [-0.15, -0.1) is 11.3 Å². The highest BCUT2D eigenvalue weighted by Crippen LogP contribution is 2.28. The highest BCUT2D eigenvalue weighted by Gasteiger charge is 2.15. The van der Waals surface area contributed by atoms with Crippen LogP contribution in [-0.4, -0.2) is 26.2 Å². The van der Waals surface area contributed by atoms with Crippen LogP contribution in [-0.2, 0) is 14.9 Å². The number of halogens is 1. The lowest BCUT2D eigenvalue weighted by Gasteiger charge is -2.19. The van der Waals surface area contributed by atoms with Crippen LogP contribution in [0.1, 0.15) is 37.3 Å². The van der Waals surface area contributed by atoms with Gasteiger partial charge in [0.15, 0.2) is 6.61 Å². The summed E-state index contributed by atoms with van der Waals surface area (Å²) in [6.07, 6.45) is -0.215. The molecule has 0 saturated carbocycles. The summed E-state index contributed by atoms with van der Waals surface area (Å²) >= 11 is 7.38. The van der Waals surface area contributed by atoms with E-state index in [9.17, 15) is 4.79 Å². The summed E-state index contributed by atoms with van der Waals surface area (Å²) in [6, 6.07) is 11.5. The Morgan fingerprint density at radius 2 is 1.88 bits per heavy atom. The lowest BCUT2D eigenvalue weighted by Crippen LogP contribution is -2.32. The second kappa shape index (κ2) is 8.70. The van der Waals surface area contributed by atoms with Crippen molar-refractivity contribution in [3.8, 4) is 5.75 Å². The van der Waals surface area contributed by atoms with Crippen molar-refractivity contribution in [3.05, 3.63) is 51.2 Å². The zero-order valence-electron chi connectivity index (χ0n) is 15.0. The van der Waals surface area contributed by atoms with Crippen LogP contribution in [0.15, 0.2) is 36.4 Å². The molecule has 4 nitrogen and oxygen atoms in total. The highest BCUT2D eigenvalue weighted by atomic mass is 35.5. The summed E-state index contributed by atoms with van der Waals surface area (Å²) in [4.78, 5) is 13.0. The average Bonchev–Trinajstić information content (AvgIpc) is 2.99. The van der Waals surface area contributed by atoms with Crippen LogP contribution >= 0.6 is 22.9 Å². The van der Waals surface area contributed by atoms with E-state index >= 15 is 0 Å². The minimum atomic E-state index is -0.215. The number of thiophene rings is 1. The molecule has 1 amide bonds. The normalized spacial score (nSPS) is 12.7. The van der Waals surface area contributed by atoms with Gasteiger partial charge in [-0.25, -0.2) is 0 Å². The molecule has 1 heterocycles. The van der Waals surface area contributed by atoms with E-state index in [2.05, 4.69) is 26.1 Å². The van der Waals surface area contributed by atoms with E-state index in [-0.39, 0.29) is 24.0 Å². The first kappa shape index (κ1) is 19.8. The average molecular weight is 382 g/mol. The molecule has 0 aliphatic heterocycles. The second-order valence-corrected chi connectivity index (χ2v) is 8.48. The minimum Gasteiger partial charge on any atom is -0.484 e. The fraction of sp³-hybridized carbons (Fsp3) is 0.421. The van der Waals surface area contributed by atoms with Gasteiger partial charge in [0.25, 0.3) is 5.91 Å². The molecular formula is C19H24ClNO3S. The van der Waals surface area contributed by atoms with Crippen LogP contribution in [0.5, 0.6) is 5.75 Å². The standard InChI is InChI=1S/C19H24ClNO3S/c1-19(2,3)13-5-7-14(8-6-13)24-12-18(22)21-11-15(23-4)16-9-10-17(20)25-16/h5-10,15H,11-12H2,1-4H3,(H,21,22). The molecule has 25 heavy (non-hydrogen) atoms. The Kier molecular flexibility index (Phi) is 6.87. The third-order valence-corrected chi connectivity index (χ3v) is 5.09. The van der Waals surface area contributed by atoms with Crippen molar-refractivity contribution in [3.63, 3.8) is 0 Å². The highest BCUT2D eigenvalue weighted by molar-refractivity contribution is 7.16. The predicted molar refractivity (Wildman–Crippen MR) is 103 cm³/mol. The molecule has 1 unspecified atom stereocenters. The zero-order valence-corrected chi connectivity index (χ0v) is 16.5. The predicted octanol–water partition coefficient (Wildman–Crippen LogP) is 4.58. The van der Waals surface area contributed by atoms with Gasteiger partial charge in [-0.05, 0) is 35.2 Å². The number of methoxy groups -OCH3 is 1. The zero-order chi connectivity index (χ0) is 18.4. The van der Waals surface area contributed by atoms with E-state index in [0.29, 0.717) is 16.6 Å². The van der Waals surface area contributed by atoms with E-state index in [1.807, 2.05) is 36.4 Å². The summed E-state index contributed by atoms with van der Waals surface area (Å²) < 4.78 is 11.6. The molecule has 0 aliphatic carbocycles. The lowest BCUT2D eigenvalue weighted by atomic mass is 9.87. The molecule has 2 aromatic rings. The van der Waals surface area contributed by atoms with E-state index in [1.54, 1.807) is 7.11 Å². The smallest absolute Gasteiger partial charge is 0.258 e. The Labute approximate surface area is 158 Å². The number of rotatable bonds is 7. The van der Waals surface area contributed by atoms with Crippen molar-refractivity contribution in [2.75, 3.05) is 20.3 Å². The van der Waals surface area contributed by atoms with Gasteiger partial charge >= 0.3 is 0 Å². The first-order valence-corrected chi connectivity index (χ1v) is 9.27. The van der Waals surface area contributed by atoms with E-state index < -0.39 is 0 Å². The van der Waals surface area contributed by atoms with Crippen LogP contribution in [0.25, 0.3) is 0 Å². The maximum absolute atomic E-state index is 12.0. The number of carbonyl (C=O) groups is 1. The maximum atomic E-state index is 12.0. The SMILES string of the molecule is COC(CNC(=O)COc1ccc(C(C)(C)C)cc1)c1ccc(Cl)s1. The van der Waals surface area contributed by atoms with Crippen LogP contribution < -0.4 is 10.1 Å². The Balaban J connectivity index is 1.80. The number of hydrogen-bond acceptors (Lipinski definition) is 4. The van der Waals surface area contributed by atoms with Gasteiger partial charge in [-0.2, -0.15) is 0 Å². The molecule has 0 fully saturated rings. The third-order valence-electron chi connectivity index (χ3n) is 3.77. The van der Waals surface area contributed by atoms with Crippen molar-refractivity contribution < 1.29 is 14.3 Å². The molecule has 0 radical (unpaired) electrons. The number of amides is 1. The van der Waals surface area contributed by atoms with Gasteiger partial charge < -0.3 is 14.8 Å². The van der Waals surface area contributed by atoms with Crippen molar-refractivity contribution >= 4 is 28.8 Å². The van der Waals surface area contributed by atoms with Crippen LogP contribution in [0.4, 0.5) is 0 Å². The Bertz CT molecular complexity index is 691. The number of carbonyl (C=O) groups excluding carboxylic acids is 1. The maximum Gasteiger partial charge on any atom is 0.258 e. The van der Waals surface area contributed by atoms with Gasteiger partial charge in [0.05, 0.1) is 4.34 Å². The fourth-order valence-electron chi connectivity index (χ4n) is 2.26. The number of hydrogen-bond donors (Lipinski definition) is 1. The Hall–Kier alpha value is -1.56. The molecule has 6 heteroatoms. The molecule has 0 aliphatic rings. The second-order valence-electron chi connectivity index (χ2n) is 6.73. The van der Waals surface area contributed by atoms with Crippen molar-refractivity contribution in [1.82, 2.24) is 5.32 Å². The van der Waals surface area contributed by atoms with Gasteiger partial charge in [0, 0.05) is 18.5 Å². The van der Waals surface area contributed by atoms with E-state index in [1.165, 1.54) is 16.9 Å². The topological polar surface area (TPSA) is 47.6 Å². The molecule has 136 valence electrons. The van der Waals surface area contributed by atoms with Crippen molar-refractivity contribution in [2.45, 2.75) is 32.3 Å². The number of benzene rings is 1. The summed E-state index contributed by atoms with van der Waals surface area (Å²) in [7, 11) is 1.61. The molecule has 2 rings (SSSR count). The molecule has 0 saturated heterocycles. The quantitative estimate of drug-likeness (QED) is 0.763. The van der Waals surface area contributed by atoms with Gasteiger partial charge in [0.2, 0.25) is 0 Å². The molecular weight excluding hydrogens is 358 g/mol. The molecule has 1 aromatic carbocycles. The van der Waals surface area contributed by atoms with Gasteiger partial charge in [0.1, 0.15) is 11.9 Å². The first-order chi connectivity index (χ1) is 11.8. The molecule has 1 atom stereocenters. The monoisotopic (exact) mass is 381 g/mol. The van der Waals surface area contributed by atoms with Gasteiger partial charge in [-0.3, -0.25) is 4.79 Å². The molecule has 0 spiro atoms. The fourth-order valence-corrected chi connectivity index (χ4v) is 3.40. The van der Waals surface area contributed by atoms with Crippen molar-refractivity contribution in [2.24, 2.45) is 0 Å². The van der Waals surface area contributed by atoms with E-state index in [0.717, 1.165) is 4.88 Å². The Morgan fingerprint density at radius 3 is 2.40 bits per heavy atom. The summed E-state index contributed by atoms with van der Waals surface area (Å²) in [5.41, 5.74) is 1.32. The summed E-state index contributed by atoms with van der Waals surface area (Å²) in [5, 5.41) is 2.82.